The molecule has 0 spiro atoms. The van der Waals surface area contributed by atoms with Gasteiger partial charge in [-0.1, -0.05) is 49.7 Å². The zero-order chi connectivity index (χ0) is 26.5. The lowest BCUT2D eigenvalue weighted by Gasteiger charge is -2.42. The second kappa shape index (κ2) is 14.5. The summed E-state index contributed by atoms with van der Waals surface area (Å²) in [4.78, 5) is 27.7. The maximum absolute atomic E-state index is 11.2. The van der Waals surface area contributed by atoms with Crippen molar-refractivity contribution in [2.75, 3.05) is 43.5 Å². The number of benzene rings is 2. The Morgan fingerprint density at radius 3 is 2.36 bits per heavy atom. The van der Waals surface area contributed by atoms with Gasteiger partial charge in [0.25, 0.3) is 0 Å². The van der Waals surface area contributed by atoms with Gasteiger partial charge in [-0.25, -0.2) is 9.97 Å². The molecule has 0 unspecified atom stereocenters. The molecule has 0 bridgehead atoms. The summed E-state index contributed by atoms with van der Waals surface area (Å²) in [7, 11) is 4.09. The van der Waals surface area contributed by atoms with Crippen LogP contribution in [0.15, 0.2) is 54.9 Å². The largest absolute Gasteiger partial charge is 0.481 e. The normalized spacial score (nSPS) is 15.4. The fraction of sp³-hybridized carbons (Fsp3) is 0.433. The fourth-order valence-corrected chi connectivity index (χ4v) is 5.23. The maximum Gasteiger partial charge on any atom is 0.307 e. The monoisotopic (exact) mass is 573 g/mol. The van der Waals surface area contributed by atoms with Gasteiger partial charge in [0.05, 0.1) is 6.42 Å². The molecule has 0 amide bonds. The maximum atomic E-state index is 11.2. The van der Waals surface area contributed by atoms with E-state index in [9.17, 15) is 9.90 Å². The number of aryl methyl sites for hydroxylation is 1. The van der Waals surface area contributed by atoms with Crippen LogP contribution in [0.3, 0.4) is 0 Å². The van der Waals surface area contributed by atoms with E-state index in [2.05, 4.69) is 58.9 Å². The van der Waals surface area contributed by atoms with Gasteiger partial charge in [0.2, 0.25) is 5.95 Å². The molecule has 1 saturated heterocycles. The molecule has 7 nitrogen and oxygen atoms in total. The molecule has 2 aromatic carbocycles. The summed E-state index contributed by atoms with van der Waals surface area (Å²) in [5.41, 5.74) is 6.43. The Balaban J connectivity index is 0.00000267. The number of halogens is 2. The van der Waals surface area contributed by atoms with Crippen LogP contribution in [-0.4, -0.2) is 65.7 Å². The molecule has 1 N–H and O–H groups in total. The lowest BCUT2D eigenvalue weighted by atomic mass is 9.99. The first-order chi connectivity index (χ1) is 17.7. The number of piperazine rings is 1. The molecule has 1 fully saturated rings. The number of aliphatic carboxylic acids is 1. The molecule has 1 aliphatic heterocycles. The van der Waals surface area contributed by atoms with Crippen LogP contribution in [-0.2, 0) is 17.8 Å². The molecule has 0 saturated carbocycles. The van der Waals surface area contributed by atoms with Crippen molar-refractivity contribution in [1.29, 1.82) is 0 Å². The molecule has 3 aromatic rings. The number of carboxylic acids is 1. The molecule has 1 aromatic heterocycles. The molecule has 0 radical (unpaired) electrons. The highest BCUT2D eigenvalue weighted by molar-refractivity contribution is 5.85. The lowest BCUT2D eigenvalue weighted by molar-refractivity contribution is -0.136. The van der Waals surface area contributed by atoms with Crippen LogP contribution in [0.5, 0.6) is 0 Å². The van der Waals surface area contributed by atoms with Crippen LogP contribution in [0.25, 0.3) is 11.1 Å². The van der Waals surface area contributed by atoms with Gasteiger partial charge in [0.1, 0.15) is 0 Å². The van der Waals surface area contributed by atoms with Crippen LogP contribution in [0, 0.1) is 12.8 Å². The van der Waals surface area contributed by atoms with Gasteiger partial charge in [0.15, 0.2) is 0 Å². The predicted octanol–water partition coefficient (Wildman–Crippen LogP) is 5.73. The van der Waals surface area contributed by atoms with Crippen molar-refractivity contribution in [3.63, 3.8) is 0 Å². The minimum Gasteiger partial charge on any atom is -0.481 e. The van der Waals surface area contributed by atoms with Gasteiger partial charge in [-0.05, 0) is 48.1 Å². The SMILES string of the molecule is Cc1cc(CC(=O)O)cc(CN2CCN(c3ncc(-c4cccc(N(C)C)c4)cn3)[C@H](CC(C)C)C2)c1.Cl.Cl. The quantitative estimate of drug-likeness (QED) is 0.350. The van der Waals surface area contributed by atoms with E-state index < -0.39 is 5.97 Å². The summed E-state index contributed by atoms with van der Waals surface area (Å²) in [5.74, 6) is 0.553. The summed E-state index contributed by atoms with van der Waals surface area (Å²) >= 11 is 0. The van der Waals surface area contributed by atoms with Crippen molar-refractivity contribution < 1.29 is 9.90 Å². The highest BCUT2D eigenvalue weighted by Gasteiger charge is 2.29. The standard InChI is InChI=1S/C30H39N5O2.2ClH/c1-21(2)11-28-20-34(19-24-13-22(3)12-23(14-24)15-29(36)37)9-10-35(28)30-31-17-26(18-32-30)25-7-6-8-27(16-25)33(4)5;;/h6-8,12-14,16-18,21,28H,9-11,15,19-20H2,1-5H3,(H,36,37);2*1H/t28-;;/m1../s1. The Morgan fingerprint density at radius 1 is 1.03 bits per heavy atom. The number of anilines is 2. The Hall–Kier alpha value is -2.87. The summed E-state index contributed by atoms with van der Waals surface area (Å²) in [6, 6.07) is 14.9. The van der Waals surface area contributed by atoms with Crippen molar-refractivity contribution in [2.24, 2.45) is 5.92 Å². The summed E-state index contributed by atoms with van der Waals surface area (Å²) in [6.45, 7) is 10.1. The highest BCUT2D eigenvalue weighted by atomic mass is 35.5. The van der Waals surface area contributed by atoms with E-state index in [1.165, 1.54) is 5.56 Å². The van der Waals surface area contributed by atoms with Gasteiger partial charge < -0.3 is 14.9 Å². The summed E-state index contributed by atoms with van der Waals surface area (Å²) < 4.78 is 0. The van der Waals surface area contributed by atoms with Gasteiger partial charge in [0, 0.05) is 70.0 Å². The average molecular weight is 575 g/mol. The summed E-state index contributed by atoms with van der Waals surface area (Å²) in [6.07, 6.45) is 5.00. The smallest absolute Gasteiger partial charge is 0.307 e. The van der Waals surface area contributed by atoms with E-state index in [1.807, 2.05) is 45.5 Å². The van der Waals surface area contributed by atoms with Crippen molar-refractivity contribution in [3.05, 3.63) is 71.5 Å². The van der Waals surface area contributed by atoms with Crippen LogP contribution >= 0.6 is 24.8 Å². The van der Waals surface area contributed by atoms with E-state index in [0.717, 1.165) is 66.5 Å². The first kappa shape index (κ1) is 32.3. The van der Waals surface area contributed by atoms with E-state index in [0.29, 0.717) is 12.0 Å². The van der Waals surface area contributed by atoms with Crippen LogP contribution in [0.1, 0.15) is 37.0 Å². The van der Waals surface area contributed by atoms with Gasteiger partial charge >= 0.3 is 5.97 Å². The molecule has 1 aliphatic rings. The Morgan fingerprint density at radius 2 is 1.72 bits per heavy atom. The number of nitrogens with zero attached hydrogens (tertiary/aromatic N) is 5. The summed E-state index contributed by atoms with van der Waals surface area (Å²) in [5, 5.41) is 9.21. The number of aromatic nitrogens is 2. The van der Waals surface area contributed by atoms with Crippen molar-refractivity contribution in [2.45, 2.75) is 46.2 Å². The zero-order valence-corrected chi connectivity index (χ0v) is 25.1. The van der Waals surface area contributed by atoms with Crippen molar-refractivity contribution >= 4 is 42.4 Å². The zero-order valence-electron chi connectivity index (χ0n) is 23.5. The lowest BCUT2D eigenvalue weighted by Crippen LogP contribution is -2.54. The third-order valence-electron chi connectivity index (χ3n) is 6.86. The predicted molar refractivity (Wildman–Crippen MR) is 165 cm³/mol. The number of carboxylic acid groups (broad SMARTS) is 1. The minimum absolute atomic E-state index is 0. The molecule has 2 heterocycles. The molecular formula is C30H41Cl2N5O2. The fourth-order valence-electron chi connectivity index (χ4n) is 5.23. The second-order valence-electron chi connectivity index (χ2n) is 10.8. The first-order valence-corrected chi connectivity index (χ1v) is 13.1. The number of hydrogen-bond acceptors (Lipinski definition) is 6. The first-order valence-electron chi connectivity index (χ1n) is 13.1. The Labute approximate surface area is 245 Å². The van der Waals surface area contributed by atoms with E-state index >= 15 is 0 Å². The topological polar surface area (TPSA) is 72.8 Å². The Bertz CT molecular complexity index is 1220. The molecule has 39 heavy (non-hydrogen) atoms. The van der Waals surface area contributed by atoms with Crippen LogP contribution in [0.2, 0.25) is 0 Å². The third-order valence-corrected chi connectivity index (χ3v) is 6.86. The third kappa shape index (κ3) is 8.82. The Kier molecular flexibility index (Phi) is 12.0. The van der Waals surface area contributed by atoms with Gasteiger partial charge in [-0.3, -0.25) is 9.69 Å². The molecule has 0 aliphatic carbocycles. The molecule has 9 heteroatoms. The highest BCUT2D eigenvalue weighted by Crippen LogP contribution is 2.26. The van der Waals surface area contributed by atoms with E-state index in [-0.39, 0.29) is 31.2 Å². The van der Waals surface area contributed by atoms with Crippen LogP contribution < -0.4 is 9.80 Å². The van der Waals surface area contributed by atoms with E-state index in [4.69, 9.17) is 9.97 Å². The second-order valence-corrected chi connectivity index (χ2v) is 10.8. The number of hydrogen-bond donors (Lipinski definition) is 1. The number of rotatable bonds is 9. The van der Waals surface area contributed by atoms with E-state index in [1.54, 1.807) is 0 Å². The van der Waals surface area contributed by atoms with Gasteiger partial charge in [-0.15, -0.1) is 24.8 Å². The molecule has 1 atom stereocenters. The van der Waals surface area contributed by atoms with Crippen LogP contribution in [0.4, 0.5) is 11.6 Å². The molecule has 212 valence electrons. The number of carbonyl (C=O) groups is 1. The average Bonchev–Trinajstić information content (AvgIpc) is 2.83. The molecule has 4 rings (SSSR count). The minimum atomic E-state index is -0.793. The van der Waals surface area contributed by atoms with Gasteiger partial charge in [-0.2, -0.15) is 0 Å². The van der Waals surface area contributed by atoms with Crippen molar-refractivity contribution in [3.8, 4) is 11.1 Å². The van der Waals surface area contributed by atoms with Crippen molar-refractivity contribution in [1.82, 2.24) is 14.9 Å². The molecular weight excluding hydrogens is 533 g/mol.